The third-order valence-electron chi connectivity index (χ3n) is 3.87. The van der Waals surface area contributed by atoms with Gasteiger partial charge < -0.3 is 4.74 Å². The molecule has 1 N–H and O–H groups in total. The monoisotopic (exact) mass is 454 g/mol. The molecule has 0 fully saturated rings. The lowest BCUT2D eigenvalue weighted by atomic mass is 10.1. The summed E-state index contributed by atoms with van der Waals surface area (Å²) < 4.78 is 6.96. The number of H-pyrrole nitrogens is 1. The third kappa shape index (κ3) is 4.36. The molecule has 6 heteroatoms. The van der Waals surface area contributed by atoms with E-state index in [2.05, 4.69) is 42.1 Å². The lowest BCUT2D eigenvalue weighted by molar-refractivity contribution is -0.138. The second-order valence-corrected chi connectivity index (χ2v) is 7.43. The highest BCUT2D eigenvalue weighted by Gasteiger charge is 2.17. The van der Waals surface area contributed by atoms with E-state index in [9.17, 15) is 4.79 Å². The summed E-state index contributed by atoms with van der Waals surface area (Å²) in [5.74, 6) is 0.148. The Morgan fingerprint density at radius 1 is 1.29 bits per heavy atom. The van der Waals surface area contributed by atoms with Crippen molar-refractivity contribution in [2.24, 2.45) is 5.92 Å². The van der Waals surface area contributed by atoms with Crippen LogP contribution in [0.2, 0.25) is 0 Å². The number of halogens is 2. The summed E-state index contributed by atoms with van der Waals surface area (Å²) in [7, 11) is 0. The maximum atomic E-state index is 12.0. The van der Waals surface area contributed by atoms with E-state index in [0.29, 0.717) is 5.75 Å². The summed E-state index contributed by atoms with van der Waals surface area (Å²) in [6.07, 6.45) is 4.77. The number of nitrogens with zero attached hydrogens (tertiary/aromatic N) is 1. The van der Waals surface area contributed by atoms with Crippen molar-refractivity contribution in [2.45, 2.75) is 34.1 Å². The molecular formula is C18H20Br2N2O2. The van der Waals surface area contributed by atoms with Crippen LogP contribution in [-0.4, -0.2) is 16.2 Å². The maximum absolute atomic E-state index is 12.0. The number of aromatic amines is 1. The largest absolute Gasteiger partial charge is 0.424 e. The molecule has 0 aliphatic carbocycles. The third-order valence-corrected chi connectivity index (χ3v) is 5.04. The van der Waals surface area contributed by atoms with Gasteiger partial charge in [0.1, 0.15) is 0 Å². The molecule has 1 aromatic heterocycles. The van der Waals surface area contributed by atoms with E-state index in [4.69, 9.17) is 4.74 Å². The average Bonchev–Trinajstić information content (AvgIpc) is 2.86. The smallest absolute Gasteiger partial charge is 0.314 e. The van der Waals surface area contributed by atoms with Gasteiger partial charge in [0.2, 0.25) is 0 Å². The van der Waals surface area contributed by atoms with Crippen LogP contribution in [-0.2, 0) is 4.79 Å². The number of rotatable bonds is 5. The molecule has 0 saturated heterocycles. The van der Waals surface area contributed by atoms with Gasteiger partial charge >= 0.3 is 5.97 Å². The first kappa shape index (κ1) is 18.9. The number of carbonyl (C=O) groups excluding carboxylic acids is 1. The van der Waals surface area contributed by atoms with Gasteiger partial charge in [-0.1, -0.05) is 26.0 Å². The first-order valence-corrected chi connectivity index (χ1v) is 9.32. The van der Waals surface area contributed by atoms with Crippen LogP contribution in [0.5, 0.6) is 5.75 Å². The number of ether oxygens (including phenoxy) is 1. The molecule has 0 saturated carbocycles. The van der Waals surface area contributed by atoms with Gasteiger partial charge in [0, 0.05) is 11.3 Å². The second kappa shape index (κ2) is 8.12. The van der Waals surface area contributed by atoms with E-state index >= 15 is 0 Å². The maximum Gasteiger partial charge on any atom is 0.314 e. The molecule has 2 aromatic rings. The van der Waals surface area contributed by atoms with E-state index in [1.54, 1.807) is 0 Å². The molecule has 0 aliphatic rings. The molecule has 0 amide bonds. The lowest BCUT2D eigenvalue weighted by Crippen LogP contribution is -2.17. The van der Waals surface area contributed by atoms with Crippen molar-refractivity contribution in [3.05, 3.63) is 43.6 Å². The van der Waals surface area contributed by atoms with Crippen LogP contribution in [0, 0.1) is 19.8 Å². The fraction of sp³-hybridized carbons (Fsp3) is 0.333. The Kier molecular flexibility index (Phi) is 6.40. The molecule has 1 unspecified atom stereocenters. The Bertz CT molecular complexity index is 739. The number of aryl methyl sites for hydroxylation is 2. The van der Waals surface area contributed by atoms with Gasteiger partial charge in [0.15, 0.2) is 5.75 Å². The Morgan fingerprint density at radius 3 is 2.42 bits per heavy atom. The Balaban J connectivity index is 2.25. The number of benzene rings is 1. The summed E-state index contributed by atoms with van der Waals surface area (Å²) in [4.78, 5) is 12.0. The molecule has 0 bridgehead atoms. The van der Waals surface area contributed by atoms with Crippen molar-refractivity contribution >= 4 is 50.0 Å². The van der Waals surface area contributed by atoms with Gasteiger partial charge in [0.05, 0.1) is 20.6 Å². The van der Waals surface area contributed by atoms with Crippen LogP contribution in [0.4, 0.5) is 0 Å². The van der Waals surface area contributed by atoms with Crippen molar-refractivity contribution in [3.63, 3.8) is 0 Å². The molecule has 0 aliphatic heterocycles. The second-order valence-electron chi connectivity index (χ2n) is 5.73. The normalized spacial score (nSPS) is 12.6. The van der Waals surface area contributed by atoms with Gasteiger partial charge in [-0.05, 0) is 69.8 Å². The van der Waals surface area contributed by atoms with Crippen LogP contribution in [0.25, 0.3) is 12.2 Å². The van der Waals surface area contributed by atoms with Crippen LogP contribution < -0.4 is 4.74 Å². The lowest BCUT2D eigenvalue weighted by Gasteiger charge is -2.12. The highest BCUT2D eigenvalue weighted by molar-refractivity contribution is 9.11. The van der Waals surface area contributed by atoms with Crippen LogP contribution in [0.3, 0.4) is 0 Å². The van der Waals surface area contributed by atoms with Gasteiger partial charge in [-0.3, -0.25) is 9.89 Å². The fourth-order valence-electron chi connectivity index (χ4n) is 2.13. The SMILES string of the molecule is CCC(C)C(=O)Oc1c(Br)cc(/C=C/c2c(C)n[nH]c2C)cc1Br. The van der Waals surface area contributed by atoms with E-state index in [-0.39, 0.29) is 11.9 Å². The van der Waals surface area contributed by atoms with E-state index in [1.807, 2.05) is 52.0 Å². The summed E-state index contributed by atoms with van der Waals surface area (Å²) in [6, 6.07) is 3.84. The molecule has 128 valence electrons. The first-order valence-electron chi connectivity index (χ1n) is 7.73. The average molecular weight is 456 g/mol. The predicted octanol–water partition coefficient (Wildman–Crippen LogP) is 5.67. The minimum Gasteiger partial charge on any atom is -0.424 e. The van der Waals surface area contributed by atoms with Crippen LogP contribution >= 0.6 is 31.9 Å². The molecule has 4 nitrogen and oxygen atoms in total. The van der Waals surface area contributed by atoms with Gasteiger partial charge in [0.25, 0.3) is 0 Å². The van der Waals surface area contributed by atoms with Gasteiger partial charge in [-0.25, -0.2) is 0 Å². The Hall–Kier alpha value is -1.40. The van der Waals surface area contributed by atoms with Crippen LogP contribution in [0.15, 0.2) is 21.1 Å². The number of aromatic nitrogens is 2. The van der Waals surface area contributed by atoms with E-state index in [0.717, 1.165) is 37.9 Å². The van der Waals surface area contributed by atoms with Crippen molar-refractivity contribution < 1.29 is 9.53 Å². The highest BCUT2D eigenvalue weighted by atomic mass is 79.9. The molecule has 24 heavy (non-hydrogen) atoms. The number of esters is 1. The zero-order valence-electron chi connectivity index (χ0n) is 14.1. The molecule has 0 radical (unpaired) electrons. The number of carbonyl (C=O) groups is 1. The van der Waals surface area contributed by atoms with Crippen LogP contribution in [0.1, 0.15) is 42.8 Å². The van der Waals surface area contributed by atoms with Crippen molar-refractivity contribution in [1.82, 2.24) is 10.2 Å². The molecule has 0 spiro atoms. The first-order chi connectivity index (χ1) is 11.3. The molecule has 1 heterocycles. The number of hydrogen-bond donors (Lipinski definition) is 1. The molecule has 1 aromatic carbocycles. The quantitative estimate of drug-likeness (QED) is 0.466. The zero-order chi connectivity index (χ0) is 17.9. The van der Waals surface area contributed by atoms with Gasteiger partial charge in [-0.2, -0.15) is 5.10 Å². The summed E-state index contributed by atoms with van der Waals surface area (Å²) >= 11 is 6.97. The fourth-order valence-corrected chi connectivity index (χ4v) is 3.51. The predicted molar refractivity (Wildman–Crippen MR) is 104 cm³/mol. The standard InChI is InChI=1S/C18H20Br2N2O2/c1-5-10(2)18(23)24-17-15(19)8-13(9-16(17)20)6-7-14-11(3)21-22-12(14)4/h6-10H,5H2,1-4H3,(H,21,22)/b7-6+. The molecule has 2 rings (SSSR count). The minimum atomic E-state index is -0.230. The number of hydrogen-bond acceptors (Lipinski definition) is 3. The summed E-state index contributed by atoms with van der Waals surface area (Å²) in [6.45, 7) is 7.77. The van der Waals surface area contributed by atoms with Crippen molar-refractivity contribution in [3.8, 4) is 5.75 Å². The van der Waals surface area contributed by atoms with E-state index < -0.39 is 0 Å². The van der Waals surface area contributed by atoms with Crippen molar-refractivity contribution in [1.29, 1.82) is 0 Å². The Morgan fingerprint density at radius 2 is 1.92 bits per heavy atom. The summed E-state index contributed by atoms with van der Waals surface area (Å²) in [5, 5.41) is 7.15. The minimum absolute atomic E-state index is 0.129. The number of nitrogens with one attached hydrogen (secondary N) is 1. The zero-order valence-corrected chi connectivity index (χ0v) is 17.3. The Labute approximate surface area is 158 Å². The summed E-state index contributed by atoms with van der Waals surface area (Å²) in [5.41, 5.74) is 4.05. The molecule has 1 atom stereocenters. The highest BCUT2D eigenvalue weighted by Crippen LogP contribution is 2.36. The van der Waals surface area contributed by atoms with Crippen molar-refractivity contribution in [2.75, 3.05) is 0 Å². The van der Waals surface area contributed by atoms with E-state index in [1.165, 1.54) is 0 Å². The topological polar surface area (TPSA) is 55.0 Å². The molecular weight excluding hydrogens is 436 g/mol. The van der Waals surface area contributed by atoms with Gasteiger partial charge in [-0.15, -0.1) is 0 Å².